The SMILES string of the molecule is COc1ccc(S(N)(=O)=O)cc1NC(=O)Cc1cccc2ccccc12. The molecule has 0 bridgehead atoms. The molecule has 0 aromatic heterocycles. The van der Waals surface area contributed by atoms with Gasteiger partial charge in [0.1, 0.15) is 5.75 Å². The summed E-state index contributed by atoms with van der Waals surface area (Å²) < 4.78 is 28.2. The smallest absolute Gasteiger partial charge is 0.238 e. The van der Waals surface area contributed by atoms with Crippen LogP contribution in [0.3, 0.4) is 0 Å². The van der Waals surface area contributed by atoms with Gasteiger partial charge in [0, 0.05) is 0 Å². The lowest BCUT2D eigenvalue weighted by Crippen LogP contribution is -2.17. The molecular weight excluding hydrogens is 352 g/mol. The average molecular weight is 370 g/mol. The highest BCUT2D eigenvalue weighted by molar-refractivity contribution is 7.89. The van der Waals surface area contributed by atoms with Gasteiger partial charge in [-0.1, -0.05) is 42.5 Å². The topological polar surface area (TPSA) is 98.5 Å². The minimum absolute atomic E-state index is 0.0984. The quantitative estimate of drug-likeness (QED) is 0.721. The van der Waals surface area contributed by atoms with Crippen molar-refractivity contribution in [2.24, 2.45) is 5.14 Å². The van der Waals surface area contributed by atoms with Crippen molar-refractivity contribution in [1.82, 2.24) is 0 Å². The minimum atomic E-state index is -3.88. The van der Waals surface area contributed by atoms with Crippen molar-refractivity contribution >= 4 is 32.4 Å². The van der Waals surface area contributed by atoms with E-state index in [0.29, 0.717) is 5.75 Å². The molecule has 0 unspecified atom stereocenters. The molecule has 0 spiro atoms. The Balaban J connectivity index is 1.88. The number of carbonyl (C=O) groups is 1. The molecule has 0 radical (unpaired) electrons. The number of fused-ring (bicyclic) bond motifs is 1. The summed E-state index contributed by atoms with van der Waals surface area (Å²) in [6, 6.07) is 17.6. The summed E-state index contributed by atoms with van der Waals surface area (Å²) in [5.41, 5.74) is 1.13. The number of anilines is 1. The van der Waals surface area contributed by atoms with E-state index in [2.05, 4.69) is 5.32 Å². The van der Waals surface area contributed by atoms with Crippen LogP contribution in [0.2, 0.25) is 0 Å². The lowest BCUT2D eigenvalue weighted by Gasteiger charge is -2.12. The molecule has 3 aromatic carbocycles. The van der Waals surface area contributed by atoms with E-state index < -0.39 is 10.0 Å². The second kappa shape index (κ2) is 7.15. The summed E-state index contributed by atoms with van der Waals surface area (Å²) in [6.07, 6.45) is 0.143. The van der Waals surface area contributed by atoms with Crippen LogP contribution in [0.25, 0.3) is 10.8 Å². The van der Waals surface area contributed by atoms with Crippen LogP contribution in [0.1, 0.15) is 5.56 Å². The molecule has 7 heteroatoms. The van der Waals surface area contributed by atoms with Gasteiger partial charge < -0.3 is 10.1 Å². The zero-order chi connectivity index (χ0) is 18.7. The third-order valence-corrected chi connectivity index (χ3v) is 4.92. The summed E-state index contributed by atoms with van der Waals surface area (Å²) in [7, 11) is -2.44. The van der Waals surface area contributed by atoms with E-state index in [0.717, 1.165) is 16.3 Å². The Kier molecular flexibility index (Phi) is 4.92. The summed E-state index contributed by atoms with van der Waals surface area (Å²) >= 11 is 0. The van der Waals surface area contributed by atoms with Gasteiger partial charge in [-0.05, 0) is 34.5 Å². The number of hydrogen-bond donors (Lipinski definition) is 2. The molecule has 0 heterocycles. The molecule has 3 N–H and O–H groups in total. The fraction of sp³-hybridized carbons (Fsp3) is 0.105. The standard InChI is InChI=1S/C19H18N2O4S/c1-25-18-10-9-15(26(20,23)24)12-17(18)21-19(22)11-14-7-4-6-13-5-2-3-8-16(13)14/h2-10,12H,11H2,1H3,(H,21,22)(H2,20,23,24). The first-order valence-corrected chi connectivity index (χ1v) is 9.40. The predicted octanol–water partition coefficient (Wildman–Crippen LogP) is 2.68. The third kappa shape index (κ3) is 3.84. The van der Waals surface area contributed by atoms with Crippen molar-refractivity contribution < 1.29 is 17.9 Å². The third-order valence-electron chi connectivity index (χ3n) is 4.00. The fourth-order valence-electron chi connectivity index (χ4n) is 2.78. The van der Waals surface area contributed by atoms with Crippen LogP contribution in [0.5, 0.6) is 5.75 Å². The van der Waals surface area contributed by atoms with Crippen molar-refractivity contribution in [1.29, 1.82) is 0 Å². The Morgan fingerprint density at radius 3 is 2.54 bits per heavy atom. The molecule has 3 rings (SSSR count). The number of ether oxygens (including phenoxy) is 1. The summed E-state index contributed by atoms with van der Waals surface area (Å²) in [5.74, 6) is 0.0647. The number of sulfonamides is 1. The number of amides is 1. The molecule has 0 atom stereocenters. The van der Waals surface area contributed by atoms with Crippen LogP contribution >= 0.6 is 0 Å². The Morgan fingerprint density at radius 2 is 1.81 bits per heavy atom. The average Bonchev–Trinajstić information content (AvgIpc) is 2.61. The van der Waals surface area contributed by atoms with E-state index in [4.69, 9.17) is 9.88 Å². The Bertz CT molecular complexity index is 1070. The number of nitrogens with two attached hydrogens (primary N) is 1. The first kappa shape index (κ1) is 17.9. The Hall–Kier alpha value is -2.90. The maximum absolute atomic E-state index is 12.5. The monoisotopic (exact) mass is 370 g/mol. The number of methoxy groups -OCH3 is 1. The van der Waals surface area contributed by atoms with Crippen molar-refractivity contribution in [3.8, 4) is 5.75 Å². The van der Waals surface area contributed by atoms with Gasteiger partial charge in [-0.2, -0.15) is 0 Å². The zero-order valence-corrected chi connectivity index (χ0v) is 14.9. The number of carbonyl (C=O) groups excluding carboxylic acids is 1. The fourth-order valence-corrected chi connectivity index (χ4v) is 3.32. The zero-order valence-electron chi connectivity index (χ0n) is 14.1. The second-order valence-electron chi connectivity index (χ2n) is 5.77. The molecule has 0 saturated heterocycles. The van der Waals surface area contributed by atoms with Crippen LogP contribution in [0.4, 0.5) is 5.69 Å². The molecule has 0 aliphatic carbocycles. The van der Waals surface area contributed by atoms with Crippen LogP contribution in [-0.4, -0.2) is 21.4 Å². The van der Waals surface area contributed by atoms with Crippen molar-refractivity contribution in [2.75, 3.05) is 12.4 Å². The van der Waals surface area contributed by atoms with Gasteiger partial charge in [0.15, 0.2) is 0 Å². The van der Waals surface area contributed by atoms with E-state index in [1.807, 2.05) is 42.5 Å². The first-order valence-electron chi connectivity index (χ1n) is 7.86. The first-order chi connectivity index (χ1) is 12.4. The molecule has 134 valence electrons. The van der Waals surface area contributed by atoms with E-state index in [1.165, 1.54) is 25.3 Å². The normalized spacial score (nSPS) is 11.3. The summed E-state index contributed by atoms with van der Waals surface area (Å²) in [5, 5.41) is 9.90. The van der Waals surface area contributed by atoms with Gasteiger partial charge >= 0.3 is 0 Å². The summed E-state index contributed by atoms with van der Waals surface area (Å²) in [6.45, 7) is 0. The number of benzene rings is 3. The second-order valence-corrected chi connectivity index (χ2v) is 7.33. The van der Waals surface area contributed by atoms with Gasteiger partial charge in [-0.15, -0.1) is 0 Å². The van der Waals surface area contributed by atoms with Gasteiger partial charge in [-0.3, -0.25) is 4.79 Å². The van der Waals surface area contributed by atoms with E-state index >= 15 is 0 Å². The van der Waals surface area contributed by atoms with E-state index in [1.54, 1.807) is 0 Å². The summed E-state index contributed by atoms with van der Waals surface area (Å²) in [4.78, 5) is 12.4. The van der Waals surface area contributed by atoms with Gasteiger partial charge in [0.05, 0.1) is 24.1 Å². The van der Waals surface area contributed by atoms with Crippen LogP contribution in [0, 0.1) is 0 Å². The molecular formula is C19H18N2O4S. The predicted molar refractivity (Wildman–Crippen MR) is 101 cm³/mol. The van der Waals surface area contributed by atoms with E-state index in [9.17, 15) is 13.2 Å². The van der Waals surface area contributed by atoms with Gasteiger partial charge in [0.25, 0.3) is 0 Å². The number of hydrogen-bond acceptors (Lipinski definition) is 4. The highest BCUT2D eigenvalue weighted by atomic mass is 32.2. The Labute approximate surface area is 151 Å². The lowest BCUT2D eigenvalue weighted by atomic mass is 10.0. The molecule has 0 aliphatic heterocycles. The van der Waals surface area contributed by atoms with Gasteiger partial charge in [0.2, 0.25) is 15.9 Å². The van der Waals surface area contributed by atoms with Crippen molar-refractivity contribution in [2.45, 2.75) is 11.3 Å². The maximum atomic E-state index is 12.5. The minimum Gasteiger partial charge on any atom is -0.495 e. The van der Waals surface area contributed by atoms with Crippen LogP contribution in [-0.2, 0) is 21.2 Å². The highest BCUT2D eigenvalue weighted by Gasteiger charge is 2.15. The lowest BCUT2D eigenvalue weighted by molar-refractivity contribution is -0.115. The molecule has 26 heavy (non-hydrogen) atoms. The van der Waals surface area contributed by atoms with Crippen molar-refractivity contribution in [3.63, 3.8) is 0 Å². The Morgan fingerprint density at radius 1 is 1.08 bits per heavy atom. The maximum Gasteiger partial charge on any atom is 0.238 e. The molecule has 0 aliphatic rings. The molecule has 1 amide bonds. The highest BCUT2D eigenvalue weighted by Crippen LogP contribution is 2.27. The molecule has 3 aromatic rings. The van der Waals surface area contributed by atoms with E-state index in [-0.39, 0.29) is 22.9 Å². The molecule has 0 saturated carbocycles. The number of nitrogens with one attached hydrogen (secondary N) is 1. The largest absolute Gasteiger partial charge is 0.495 e. The van der Waals surface area contributed by atoms with Crippen molar-refractivity contribution in [3.05, 3.63) is 66.2 Å². The van der Waals surface area contributed by atoms with Gasteiger partial charge in [-0.25, -0.2) is 13.6 Å². The molecule has 0 fully saturated rings. The number of primary sulfonamides is 1. The van der Waals surface area contributed by atoms with Crippen LogP contribution < -0.4 is 15.2 Å². The number of rotatable bonds is 5. The van der Waals surface area contributed by atoms with Crippen LogP contribution in [0.15, 0.2) is 65.6 Å². The molecule has 6 nitrogen and oxygen atoms in total.